The van der Waals surface area contributed by atoms with Crippen LogP contribution < -0.4 is 0 Å². The van der Waals surface area contributed by atoms with Gasteiger partial charge in [-0.2, -0.15) is 0 Å². The first-order chi connectivity index (χ1) is 6.50. The first-order valence-electron chi connectivity index (χ1n) is 3.84. The molecule has 0 saturated carbocycles. The second-order valence-corrected chi connectivity index (χ2v) is 3.59. The quantitative estimate of drug-likeness (QED) is 0.589. The maximum absolute atomic E-state index is 12.8. The van der Waals surface area contributed by atoms with Crippen LogP contribution in [0.2, 0.25) is 0 Å². The van der Waals surface area contributed by atoms with Gasteiger partial charge in [0, 0.05) is 4.47 Å². The van der Waals surface area contributed by atoms with E-state index < -0.39 is 11.6 Å². The summed E-state index contributed by atoms with van der Waals surface area (Å²) < 4.78 is 25.8. The number of ketones is 1. The second kappa shape index (κ2) is 4.46. The first-order valence-corrected chi connectivity index (χ1v) is 4.63. The highest BCUT2D eigenvalue weighted by Gasteiger charge is 2.05. The Morgan fingerprint density at radius 2 is 1.93 bits per heavy atom. The summed E-state index contributed by atoms with van der Waals surface area (Å²) in [6, 6.07) is 2.05. The molecule has 0 aliphatic carbocycles. The van der Waals surface area contributed by atoms with E-state index in [9.17, 15) is 13.6 Å². The molecule has 0 radical (unpaired) electrons. The molecular formula is C10H7BrF2O. The summed E-state index contributed by atoms with van der Waals surface area (Å²) >= 11 is 3.06. The lowest BCUT2D eigenvalue weighted by Gasteiger charge is -1.99. The van der Waals surface area contributed by atoms with Crippen molar-refractivity contribution in [1.82, 2.24) is 0 Å². The molecule has 1 aromatic carbocycles. The highest BCUT2D eigenvalue weighted by Crippen LogP contribution is 2.21. The Bertz CT molecular complexity index is 399. The van der Waals surface area contributed by atoms with E-state index in [0.29, 0.717) is 10.0 Å². The van der Waals surface area contributed by atoms with Gasteiger partial charge in [-0.3, -0.25) is 4.79 Å². The van der Waals surface area contributed by atoms with E-state index in [0.717, 1.165) is 12.1 Å². The third kappa shape index (κ3) is 2.73. The van der Waals surface area contributed by atoms with Crippen molar-refractivity contribution in [1.29, 1.82) is 0 Å². The van der Waals surface area contributed by atoms with Crippen molar-refractivity contribution in [3.8, 4) is 0 Å². The minimum atomic E-state index is -0.934. The SMILES string of the molecule is CC(=O)/C=C/c1cc(F)c(F)cc1Br. The minimum Gasteiger partial charge on any atom is -0.295 e. The molecule has 74 valence electrons. The topological polar surface area (TPSA) is 17.1 Å². The minimum absolute atomic E-state index is 0.151. The van der Waals surface area contributed by atoms with E-state index in [1.165, 1.54) is 19.1 Å². The maximum atomic E-state index is 12.8. The Morgan fingerprint density at radius 1 is 1.36 bits per heavy atom. The van der Waals surface area contributed by atoms with Crippen molar-refractivity contribution in [2.75, 3.05) is 0 Å². The van der Waals surface area contributed by atoms with Gasteiger partial charge in [-0.15, -0.1) is 0 Å². The molecule has 4 heteroatoms. The average Bonchev–Trinajstić information content (AvgIpc) is 2.09. The van der Waals surface area contributed by atoms with Crippen molar-refractivity contribution in [2.24, 2.45) is 0 Å². The molecular weight excluding hydrogens is 254 g/mol. The van der Waals surface area contributed by atoms with Crippen LogP contribution in [0.25, 0.3) is 6.08 Å². The Labute approximate surface area is 88.6 Å². The molecule has 14 heavy (non-hydrogen) atoms. The van der Waals surface area contributed by atoms with Crippen LogP contribution in [0.15, 0.2) is 22.7 Å². The zero-order valence-corrected chi connectivity index (χ0v) is 8.94. The van der Waals surface area contributed by atoms with Crippen LogP contribution in [0.4, 0.5) is 8.78 Å². The van der Waals surface area contributed by atoms with Crippen LogP contribution in [0.3, 0.4) is 0 Å². The summed E-state index contributed by atoms with van der Waals surface area (Å²) in [6.45, 7) is 1.38. The van der Waals surface area contributed by atoms with Crippen LogP contribution in [-0.4, -0.2) is 5.78 Å². The van der Waals surface area contributed by atoms with Crippen LogP contribution in [0.1, 0.15) is 12.5 Å². The van der Waals surface area contributed by atoms with Gasteiger partial charge < -0.3 is 0 Å². The number of carbonyl (C=O) groups is 1. The lowest BCUT2D eigenvalue weighted by atomic mass is 10.2. The molecule has 0 N–H and O–H groups in total. The van der Waals surface area contributed by atoms with E-state index in [1.54, 1.807) is 0 Å². The van der Waals surface area contributed by atoms with Crippen molar-refractivity contribution in [2.45, 2.75) is 6.92 Å². The van der Waals surface area contributed by atoms with Gasteiger partial charge in [-0.05, 0) is 30.7 Å². The van der Waals surface area contributed by atoms with E-state index in [1.807, 2.05) is 0 Å². The van der Waals surface area contributed by atoms with E-state index in [2.05, 4.69) is 15.9 Å². The Morgan fingerprint density at radius 3 is 2.50 bits per heavy atom. The summed E-state index contributed by atoms with van der Waals surface area (Å²) in [7, 11) is 0. The van der Waals surface area contributed by atoms with Crippen molar-refractivity contribution in [3.63, 3.8) is 0 Å². The standard InChI is InChI=1S/C10H7BrF2O/c1-6(14)2-3-7-4-9(12)10(13)5-8(7)11/h2-5H,1H3/b3-2+. The van der Waals surface area contributed by atoms with E-state index in [4.69, 9.17) is 0 Å². The monoisotopic (exact) mass is 260 g/mol. The Hall–Kier alpha value is -1.03. The van der Waals surface area contributed by atoms with Crippen LogP contribution in [-0.2, 0) is 4.79 Å². The average molecular weight is 261 g/mol. The van der Waals surface area contributed by atoms with E-state index in [-0.39, 0.29) is 5.78 Å². The third-order valence-corrected chi connectivity index (χ3v) is 2.22. The van der Waals surface area contributed by atoms with Crippen molar-refractivity contribution < 1.29 is 13.6 Å². The lowest BCUT2D eigenvalue weighted by Crippen LogP contribution is -1.87. The fourth-order valence-electron chi connectivity index (χ4n) is 0.873. The van der Waals surface area contributed by atoms with Gasteiger partial charge in [0.2, 0.25) is 0 Å². The summed E-state index contributed by atoms with van der Waals surface area (Å²) in [6.07, 6.45) is 2.71. The zero-order chi connectivity index (χ0) is 10.7. The number of allylic oxidation sites excluding steroid dienone is 1. The first kappa shape index (κ1) is 11.0. The maximum Gasteiger partial charge on any atom is 0.159 e. The molecule has 0 saturated heterocycles. The van der Waals surface area contributed by atoms with Crippen LogP contribution >= 0.6 is 15.9 Å². The molecule has 0 aliphatic heterocycles. The molecule has 0 heterocycles. The normalized spacial score (nSPS) is 10.9. The smallest absolute Gasteiger partial charge is 0.159 e. The van der Waals surface area contributed by atoms with E-state index >= 15 is 0 Å². The van der Waals surface area contributed by atoms with Gasteiger partial charge in [0.1, 0.15) is 0 Å². The number of halogens is 3. The molecule has 0 amide bonds. The summed E-state index contributed by atoms with van der Waals surface area (Å²) in [5.74, 6) is -2.00. The van der Waals surface area contributed by atoms with Crippen LogP contribution in [0, 0.1) is 11.6 Å². The van der Waals surface area contributed by atoms with Gasteiger partial charge >= 0.3 is 0 Å². The molecule has 1 nitrogen and oxygen atoms in total. The fraction of sp³-hybridized carbons (Fsp3) is 0.100. The van der Waals surface area contributed by atoms with Crippen molar-refractivity contribution in [3.05, 3.63) is 39.9 Å². The predicted molar refractivity (Wildman–Crippen MR) is 53.8 cm³/mol. The number of carbonyl (C=O) groups excluding carboxylic acids is 1. The molecule has 0 bridgehead atoms. The summed E-state index contributed by atoms with van der Waals surface area (Å²) in [5, 5.41) is 0. The van der Waals surface area contributed by atoms with Gasteiger partial charge in [0.05, 0.1) is 0 Å². The molecule has 0 atom stereocenters. The van der Waals surface area contributed by atoms with Gasteiger partial charge in [-0.25, -0.2) is 8.78 Å². The Kier molecular flexibility index (Phi) is 3.52. The second-order valence-electron chi connectivity index (χ2n) is 2.73. The lowest BCUT2D eigenvalue weighted by molar-refractivity contribution is -0.112. The number of rotatable bonds is 2. The van der Waals surface area contributed by atoms with Crippen molar-refractivity contribution >= 4 is 27.8 Å². The molecule has 1 aromatic rings. The molecule has 0 unspecified atom stereocenters. The molecule has 0 spiro atoms. The van der Waals surface area contributed by atoms with Gasteiger partial charge in [-0.1, -0.05) is 22.0 Å². The van der Waals surface area contributed by atoms with Gasteiger partial charge in [0.15, 0.2) is 17.4 Å². The van der Waals surface area contributed by atoms with Crippen LogP contribution in [0.5, 0.6) is 0 Å². The highest BCUT2D eigenvalue weighted by molar-refractivity contribution is 9.10. The largest absolute Gasteiger partial charge is 0.295 e. The molecule has 0 aromatic heterocycles. The predicted octanol–water partition coefficient (Wildman–Crippen LogP) is 3.33. The number of hydrogen-bond acceptors (Lipinski definition) is 1. The fourth-order valence-corrected chi connectivity index (χ4v) is 1.32. The highest BCUT2D eigenvalue weighted by atomic mass is 79.9. The molecule has 0 aliphatic rings. The summed E-state index contributed by atoms with van der Waals surface area (Å²) in [5.41, 5.74) is 0.430. The number of hydrogen-bond donors (Lipinski definition) is 0. The van der Waals surface area contributed by atoms with Gasteiger partial charge in [0.25, 0.3) is 0 Å². The summed E-state index contributed by atoms with van der Waals surface area (Å²) in [4.78, 5) is 10.6. The zero-order valence-electron chi connectivity index (χ0n) is 7.35. The number of benzene rings is 1. The third-order valence-electron chi connectivity index (χ3n) is 1.54. The Balaban J connectivity index is 3.10. The molecule has 0 fully saturated rings. The molecule has 1 rings (SSSR count).